The number of anilines is 1. The van der Waals surface area contributed by atoms with Crippen LogP contribution in [0.3, 0.4) is 0 Å². The Morgan fingerprint density at radius 1 is 1.53 bits per heavy atom. The Balaban J connectivity index is 1.99. The Bertz CT molecular complexity index is 328. The molecule has 1 heterocycles. The molecule has 84 valence electrons. The highest BCUT2D eigenvalue weighted by atomic mass is 35.5. The molecule has 1 aromatic rings. The molecular weight excluding hydrogens is 228 g/mol. The van der Waals surface area contributed by atoms with E-state index in [1.54, 1.807) is 11.3 Å². The fourth-order valence-electron chi connectivity index (χ4n) is 2.19. The zero-order valence-electron chi connectivity index (χ0n) is 9.00. The highest BCUT2D eigenvalue weighted by molar-refractivity contribution is 7.19. The van der Waals surface area contributed by atoms with E-state index in [0.29, 0.717) is 5.41 Å². The topological polar surface area (TPSA) is 29.3 Å². The van der Waals surface area contributed by atoms with Gasteiger partial charge in [0, 0.05) is 19.0 Å². The van der Waals surface area contributed by atoms with Crippen molar-refractivity contribution in [2.24, 2.45) is 11.1 Å². The molecule has 15 heavy (non-hydrogen) atoms. The predicted molar refractivity (Wildman–Crippen MR) is 67.9 cm³/mol. The Labute approximate surface area is 100 Å². The van der Waals surface area contributed by atoms with Crippen LogP contribution in [0.4, 0.5) is 5.00 Å². The van der Waals surface area contributed by atoms with Crippen LogP contribution in [0.2, 0.25) is 4.34 Å². The van der Waals surface area contributed by atoms with E-state index in [2.05, 4.69) is 18.0 Å². The van der Waals surface area contributed by atoms with E-state index in [4.69, 9.17) is 17.3 Å². The summed E-state index contributed by atoms with van der Waals surface area (Å²) < 4.78 is 0.854. The molecule has 0 bridgehead atoms. The van der Waals surface area contributed by atoms with Crippen molar-refractivity contribution < 1.29 is 0 Å². The van der Waals surface area contributed by atoms with E-state index >= 15 is 0 Å². The molecule has 0 aromatic carbocycles. The first kappa shape index (κ1) is 11.2. The van der Waals surface area contributed by atoms with Gasteiger partial charge < -0.3 is 10.6 Å². The third-order valence-electron chi connectivity index (χ3n) is 3.36. The minimum atomic E-state index is 0.366. The van der Waals surface area contributed by atoms with E-state index in [0.717, 1.165) is 17.4 Å². The van der Waals surface area contributed by atoms with Crippen molar-refractivity contribution in [2.75, 3.05) is 25.0 Å². The summed E-state index contributed by atoms with van der Waals surface area (Å²) in [5.41, 5.74) is 6.22. The maximum atomic E-state index is 5.92. The van der Waals surface area contributed by atoms with E-state index in [-0.39, 0.29) is 0 Å². The Hall–Kier alpha value is -0.250. The van der Waals surface area contributed by atoms with E-state index in [9.17, 15) is 0 Å². The van der Waals surface area contributed by atoms with Crippen LogP contribution in [0.1, 0.15) is 19.3 Å². The van der Waals surface area contributed by atoms with Crippen molar-refractivity contribution in [3.05, 3.63) is 16.5 Å². The van der Waals surface area contributed by atoms with Crippen molar-refractivity contribution in [1.29, 1.82) is 0 Å². The van der Waals surface area contributed by atoms with Gasteiger partial charge in [0.2, 0.25) is 0 Å². The maximum Gasteiger partial charge on any atom is 0.0950 e. The third kappa shape index (κ3) is 2.30. The van der Waals surface area contributed by atoms with Crippen molar-refractivity contribution in [3.63, 3.8) is 0 Å². The molecule has 0 aliphatic heterocycles. The Kier molecular flexibility index (Phi) is 3.24. The summed E-state index contributed by atoms with van der Waals surface area (Å²) >= 11 is 7.56. The fourth-order valence-corrected chi connectivity index (χ4v) is 3.19. The zero-order valence-corrected chi connectivity index (χ0v) is 10.6. The van der Waals surface area contributed by atoms with Gasteiger partial charge in [0.05, 0.1) is 9.34 Å². The minimum absolute atomic E-state index is 0.366. The number of nitrogens with zero attached hydrogens (tertiary/aromatic N) is 1. The summed E-state index contributed by atoms with van der Waals surface area (Å²) in [6.07, 6.45) is 3.87. The lowest BCUT2D eigenvalue weighted by Crippen LogP contribution is -2.46. The quantitative estimate of drug-likeness (QED) is 0.883. The van der Waals surface area contributed by atoms with Crippen molar-refractivity contribution in [1.82, 2.24) is 0 Å². The Morgan fingerprint density at radius 3 is 2.67 bits per heavy atom. The first-order valence-electron chi connectivity index (χ1n) is 5.32. The molecular formula is C11H17ClN2S. The number of thiophene rings is 1. The van der Waals surface area contributed by atoms with Crippen LogP contribution in [-0.2, 0) is 0 Å². The summed E-state index contributed by atoms with van der Waals surface area (Å²) in [6.45, 7) is 1.86. The largest absolute Gasteiger partial charge is 0.366 e. The lowest BCUT2D eigenvalue weighted by molar-refractivity contribution is 0.154. The number of nitrogens with two attached hydrogens (primary N) is 1. The van der Waals surface area contributed by atoms with Crippen LogP contribution >= 0.6 is 22.9 Å². The molecule has 1 aliphatic carbocycles. The minimum Gasteiger partial charge on any atom is -0.366 e. The maximum absolute atomic E-state index is 5.92. The molecule has 0 atom stereocenters. The number of hydrogen-bond acceptors (Lipinski definition) is 3. The van der Waals surface area contributed by atoms with Gasteiger partial charge in [-0.15, -0.1) is 11.3 Å². The lowest BCUT2D eigenvalue weighted by atomic mass is 9.68. The van der Waals surface area contributed by atoms with Gasteiger partial charge in [-0.05, 0) is 31.5 Å². The SMILES string of the molecule is CN(CC1(CN)CCC1)c1ccc(Cl)s1. The molecule has 4 heteroatoms. The molecule has 0 amide bonds. The van der Waals surface area contributed by atoms with Crippen LogP contribution in [0.25, 0.3) is 0 Å². The lowest BCUT2D eigenvalue weighted by Gasteiger charge is -2.43. The standard InChI is InChI=1S/C11H17ClN2S/c1-14(10-4-3-9(12)15-10)8-11(7-13)5-2-6-11/h3-4H,2,5-8,13H2,1H3. The number of halogens is 1. The molecule has 1 aromatic heterocycles. The molecule has 0 spiro atoms. The molecule has 0 saturated heterocycles. The molecule has 2 nitrogen and oxygen atoms in total. The molecule has 2 N–H and O–H groups in total. The van der Waals surface area contributed by atoms with Gasteiger partial charge in [0.15, 0.2) is 0 Å². The number of rotatable bonds is 4. The first-order chi connectivity index (χ1) is 7.15. The summed E-state index contributed by atoms with van der Waals surface area (Å²) in [4.78, 5) is 2.28. The fraction of sp³-hybridized carbons (Fsp3) is 0.636. The second-order valence-corrected chi connectivity index (χ2v) is 6.19. The van der Waals surface area contributed by atoms with Crippen LogP contribution < -0.4 is 10.6 Å². The van der Waals surface area contributed by atoms with Crippen LogP contribution in [0.5, 0.6) is 0 Å². The van der Waals surface area contributed by atoms with Gasteiger partial charge in [0.25, 0.3) is 0 Å². The average Bonchev–Trinajstić information content (AvgIpc) is 2.58. The smallest absolute Gasteiger partial charge is 0.0950 e. The highest BCUT2D eigenvalue weighted by Crippen LogP contribution is 2.41. The summed E-state index contributed by atoms with van der Waals surface area (Å²) in [7, 11) is 2.12. The van der Waals surface area contributed by atoms with Crippen molar-refractivity contribution in [2.45, 2.75) is 19.3 Å². The molecule has 2 rings (SSSR count). The van der Waals surface area contributed by atoms with Crippen molar-refractivity contribution >= 4 is 27.9 Å². The summed E-state index contributed by atoms with van der Waals surface area (Å²) in [5, 5.41) is 1.24. The highest BCUT2D eigenvalue weighted by Gasteiger charge is 2.36. The van der Waals surface area contributed by atoms with Crippen molar-refractivity contribution in [3.8, 4) is 0 Å². The van der Waals surface area contributed by atoms with E-state index < -0.39 is 0 Å². The Morgan fingerprint density at radius 2 is 2.27 bits per heavy atom. The molecule has 1 saturated carbocycles. The van der Waals surface area contributed by atoms with Crippen LogP contribution in [0.15, 0.2) is 12.1 Å². The summed E-state index contributed by atoms with van der Waals surface area (Å²) in [5.74, 6) is 0. The number of hydrogen-bond donors (Lipinski definition) is 1. The molecule has 1 aliphatic rings. The van der Waals surface area contributed by atoms with Gasteiger partial charge in [-0.3, -0.25) is 0 Å². The van der Waals surface area contributed by atoms with Gasteiger partial charge in [-0.2, -0.15) is 0 Å². The van der Waals surface area contributed by atoms with Crippen LogP contribution in [-0.4, -0.2) is 20.1 Å². The third-order valence-corrected chi connectivity index (χ3v) is 4.70. The predicted octanol–water partition coefficient (Wildman–Crippen LogP) is 2.97. The summed E-state index contributed by atoms with van der Waals surface area (Å²) in [6, 6.07) is 4.03. The van der Waals surface area contributed by atoms with E-state index in [1.807, 2.05) is 6.07 Å². The second-order valence-electron chi connectivity index (χ2n) is 4.49. The van der Waals surface area contributed by atoms with Gasteiger partial charge in [-0.1, -0.05) is 18.0 Å². The second kappa shape index (κ2) is 4.32. The van der Waals surface area contributed by atoms with Crippen LogP contribution in [0, 0.1) is 5.41 Å². The monoisotopic (exact) mass is 244 g/mol. The molecule has 0 unspecified atom stereocenters. The van der Waals surface area contributed by atoms with Gasteiger partial charge >= 0.3 is 0 Å². The molecule has 1 fully saturated rings. The van der Waals surface area contributed by atoms with Gasteiger partial charge in [0.1, 0.15) is 0 Å². The zero-order chi connectivity index (χ0) is 10.9. The molecule has 0 radical (unpaired) electrons. The first-order valence-corrected chi connectivity index (χ1v) is 6.51. The van der Waals surface area contributed by atoms with E-state index in [1.165, 1.54) is 24.3 Å². The average molecular weight is 245 g/mol. The van der Waals surface area contributed by atoms with Gasteiger partial charge in [-0.25, -0.2) is 0 Å². The normalized spacial score (nSPS) is 18.6.